The predicted molar refractivity (Wildman–Crippen MR) is 64.0 cm³/mol. The van der Waals surface area contributed by atoms with Gasteiger partial charge in [-0.05, 0) is 11.8 Å². The fourth-order valence-corrected chi connectivity index (χ4v) is 3.18. The number of nitrogens with one attached hydrogen (secondary N) is 1. The minimum absolute atomic E-state index is 0.126. The quantitative estimate of drug-likeness (QED) is 0.882. The molecule has 2 atom stereocenters. The highest BCUT2D eigenvalue weighted by Gasteiger charge is 2.44. The molecule has 2 aliphatic heterocycles. The van der Waals surface area contributed by atoms with E-state index in [0.29, 0.717) is 31.9 Å². The van der Waals surface area contributed by atoms with Crippen LogP contribution in [-0.4, -0.2) is 64.6 Å². The van der Waals surface area contributed by atoms with E-state index < -0.39 is 12.7 Å². The lowest BCUT2D eigenvalue weighted by atomic mass is 10.0. The Balaban J connectivity index is 1.57. The number of nitrogens with zero attached hydrogens (tertiary/aromatic N) is 3. The zero-order chi connectivity index (χ0) is 14.3. The van der Waals surface area contributed by atoms with Crippen molar-refractivity contribution in [2.45, 2.75) is 6.18 Å². The van der Waals surface area contributed by atoms with Crippen molar-refractivity contribution < 1.29 is 18.0 Å². The molecule has 0 aliphatic carbocycles. The molecule has 0 radical (unpaired) electrons. The van der Waals surface area contributed by atoms with Crippen molar-refractivity contribution >= 4 is 5.91 Å². The lowest BCUT2D eigenvalue weighted by molar-refractivity contribution is -0.144. The summed E-state index contributed by atoms with van der Waals surface area (Å²) in [5.41, 5.74) is 0.428. The van der Waals surface area contributed by atoms with Crippen LogP contribution >= 0.6 is 0 Å². The molecule has 3 rings (SSSR count). The molecule has 5 nitrogen and oxygen atoms in total. The molecule has 8 heteroatoms. The average Bonchev–Trinajstić information content (AvgIpc) is 2.98. The van der Waals surface area contributed by atoms with Crippen molar-refractivity contribution in [2.75, 3.05) is 32.7 Å². The minimum atomic E-state index is -4.15. The Hall–Kier alpha value is -1.57. The van der Waals surface area contributed by atoms with Crippen molar-refractivity contribution in [1.82, 2.24) is 19.8 Å². The molecule has 1 N–H and O–H groups in total. The summed E-state index contributed by atoms with van der Waals surface area (Å²) in [5, 5.41) is 0. The third-order valence-electron chi connectivity index (χ3n) is 3.98. The SMILES string of the molecule is O=C(c1cnc[nH]1)N1CC2CN(CC(F)(F)F)CC2C1. The van der Waals surface area contributed by atoms with E-state index >= 15 is 0 Å². The minimum Gasteiger partial charge on any atom is -0.341 e. The number of likely N-dealkylation sites (tertiary alicyclic amines) is 2. The van der Waals surface area contributed by atoms with Crippen LogP contribution in [0.5, 0.6) is 0 Å². The van der Waals surface area contributed by atoms with Gasteiger partial charge in [-0.3, -0.25) is 9.69 Å². The molecule has 0 aromatic carbocycles. The standard InChI is InChI=1S/C12H15F3N4O/c13-12(14,15)6-18-2-8-4-19(5-9(8)3-18)11(20)10-1-16-7-17-10/h1,7-9H,2-6H2,(H,16,17). The number of hydrogen-bond acceptors (Lipinski definition) is 3. The molecule has 1 amide bonds. The summed E-state index contributed by atoms with van der Waals surface area (Å²) in [7, 11) is 0. The highest BCUT2D eigenvalue weighted by atomic mass is 19.4. The lowest BCUT2D eigenvalue weighted by Gasteiger charge is -2.22. The Morgan fingerprint density at radius 3 is 2.45 bits per heavy atom. The van der Waals surface area contributed by atoms with Crippen LogP contribution in [-0.2, 0) is 0 Å². The molecule has 20 heavy (non-hydrogen) atoms. The fraction of sp³-hybridized carbons (Fsp3) is 0.667. The lowest BCUT2D eigenvalue weighted by Crippen LogP contribution is -2.37. The van der Waals surface area contributed by atoms with Gasteiger partial charge in [-0.25, -0.2) is 4.98 Å². The van der Waals surface area contributed by atoms with Gasteiger partial charge >= 0.3 is 6.18 Å². The number of fused-ring (bicyclic) bond motifs is 1. The van der Waals surface area contributed by atoms with Crippen LogP contribution < -0.4 is 0 Å². The first-order chi connectivity index (χ1) is 9.42. The normalized spacial score (nSPS) is 27.1. The maximum Gasteiger partial charge on any atom is 0.401 e. The summed E-state index contributed by atoms with van der Waals surface area (Å²) in [6.07, 6.45) is -1.24. The summed E-state index contributed by atoms with van der Waals surface area (Å²) in [6.45, 7) is 1.02. The zero-order valence-electron chi connectivity index (χ0n) is 10.7. The number of carbonyl (C=O) groups excluding carboxylic acids is 1. The highest BCUT2D eigenvalue weighted by Crippen LogP contribution is 2.33. The van der Waals surface area contributed by atoms with E-state index in [1.165, 1.54) is 17.4 Å². The molecule has 1 aromatic rings. The molecule has 0 spiro atoms. The molecule has 2 unspecified atom stereocenters. The Kier molecular flexibility index (Phi) is 3.19. The number of alkyl halides is 3. The highest BCUT2D eigenvalue weighted by molar-refractivity contribution is 5.92. The molecule has 2 saturated heterocycles. The van der Waals surface area contributed by atoms with Crippen molar-refractivity contribution in [3.8, 4) is 0 Å². The first-order valence-corrected chi connectivity index (χ1v) is 6.49. The van der Waals surface area contributed by atoms with E-state index in [0.717, 1.165) is 0 Å². The third-order valence-corrected chi connectivity index (χ3v) is 3.98. The van der Waals surface area contributed by atoms with Gasteiger partial charge in [-0.15, -0.1) is 0 Å². The van der Waals surface area contributed by atoms with Gasteiger partial charge < -0.3 is 9.88 Å². The molecule has 0 saturated carbocycles. The summed E-state index contributed by atoms with van der Waals surface area (Å²) < 4.78 is 37.1. The van der Waals surface area contributed by atoms with Gasteiger partial charge in [0.05, 0.1) is 19.1 Å². The molecule has 110 valence electrons. The number of imidazole rings is 1. The second-order valence-electron chi connectivity index (χ2n) is 5.50. The first-order valence-electron chi connectivity index (χ1n) is 6.49. The average molecular weight is 288 g/mol. The van der Waals surface area contributed by atoms with Gasteiger partial charge in [0.1, 0.15) is 5.69 Å². The van der Waals surface area contributed by atoms with Crippen LogP contribution in [0.2, 0.25) is 0 Å². The van der Waals surface area contributed by atoms with Gasteiger partial charge in [0.15, 0.2) is 0 Å². The van der Waals surface area contributed by atoms with Gasteiger partial charge in [0.25, 0.3) is 5.91 Å². The van der Waals surface area contributed by atoms with E-state index in [9.17, 15) is 18.0 Å². The fourth-order valence-electron chi connectivity index (χ4n) is 3.18. The first kappa shape index (κ1) is 13.4. The molecular weight excluding hydrogens is 273 g/mol. The van der Waals surface area contributed by atoms with Crippen molar-refractivity contribution in [1.29, 1.82) is 0 Å². The van der Waals surface area contributed by atoms with Crippen LogP contribution in [0.15, 0.2) is 12.5 Å². The summed E-state index contributed by atoms with van der Waals surface area (Å²) in [4.78, 5) is 21.8. The maximum atomic E-state index is 12.4. The molecule has 2 fully saturated rings. The number of halogens is 3. The van der Waals surface area contributed by atoms with Gasteiger partial charge in [-0.2, -0.15) is 13.2 Å². The summed E-state index contributed by atoms with van der Waals surface area (Å²) >= 11 is 0. The number of aromatic amines is 1. The van der Waals surface area contributed by atoms with E-state index in [1.807, 2.05) is 0 Å². The van der Waals surface area contributed by atoms with Crippen molar-refractivity contribution in [3.05, 3.63) is 18.2 Å². The predicted octanol–water partition coefficient (Wildman–Crippen LogP) is 0.976. The largest absolute Gasteiger partial charge is 0.401 e. The second kappa shape index (κ2) is 4.76. The molecular formula is C12H15F3N4O. The maximum absolute atomic E-state index is 12.4. The topological polar surface area (TPSA) is 52.2 Å². The monoisotopic (exact) mass is 288 g/mol. The number of aromatic nitrogens is 2. The molecule has 0 bridgehead atoms. The van der Waals surface area contributed by atoms with E-state index in [1.54, 1.807) is 4.90 Å². The smallest absolute Gasteiger partial charge is 0.341 e. The number of hydrogen-bond donors (Lipinski definition) is 1. The Bertz CT molecular complexity index is 473. The van der Waals surface area contributed by atoms with E-state index in [-0.39, 0.29) is 17.7 Å². The number of rotatable bonds is 2. The van der Waals surface area contributed by atoms with Crippen molar-refractivity contribution in [3.63, 3.8) is 0 Å². The van der Waals surface area contributed by atoms with Gasteiger partial charge in [0.2, 0.25) is 0 Å². The van der Waals surface area contributed by atoms with Crippen LogP contribution in [0.1, 0.15) is 10.5 Å². The van der Waals surface area contributed by atoms with Crippen LogP contribution in [0.25, 0.3) is 0 Å². The third kappa shape index (κ3) is 2.65. The molecule has 3 heterocycles. The number of amides is 1. The van der Waals surface area contributed by atoms with Gasteiger partial charge in [0, 0.05) is 26.2 Å². The zero-order valence-corrected chi connectivity index (χ0v) is 10.7. The van der Waals surface area contributed by atoms with Gasteiger partial charge in [-0.1, -0.05) is 0 Å². The Morgan fingerprint density at radius 1 is 1.30 bits per heavy atom. The van der Waals surface area contributed by atoms with E-state index in [2.05, 4.69) is 9.97 Å². The van der Waals surface area contributed by atoms with Crippen molar-refractivity contribution in [2.24, 2.45) is 11.8 Å². The number of carbonyl (C=O) groups is 1. The Labute approximate surface area is 113 Å². The van der Waals surface area contributed by atoms with E-state index in [4.69, 9.17) is 0 Å². The molecule has 2 aliphatic rings. The van der Waals surface area contributed by atoms with Crippen LogP contribution in [0, 0.1) is 11.8 Å². The molecule has 1 aromatic heterocycles. The summed E-state index contributed by atoms with van der Waals surface area (Å²) in [5.74, 6) is 0.160. The number of H-pyrrole nitrogens is 1. The van der Waals surface area contributed by atoms with Crippen LogP contribution in [0.4, 0.5) is 13.2 Å². The Morgan fingerprint density at radius 2 is 1.95 bits per heavy atom. The second-order valence-corrected chi connectivity index (χ2v) is 5.50. The van der Waals surface area contributed by atoms with Crippen LogP contribution in [0.3, 0.4) is 0 Å². The summed E-state index contributed by atoms with van der Waals surface area (Å²) in [6, 6.07) is 0.